The maximum atomic E-state index is 14.8. The van der Waals surface area contributed by atoms with Gasteiger partial charge in [0.1, 0.15) is 11.9 Å². The highest BCUT2D eigenvalue weighted by Gasteiger charge is 2.33. The number of benzene rings is 1. The predicted molar refractivity (Wildman–Crippen MR) is 116 cm³/mol. The van der Waals surface area contributed by atoms with E-state index >= 15 is 0 Å². The Balaban J connectivity index is 1.61. The molecule has 0 saturated carbocycles. The van der Waals surface area contributed by atoms with E-state index in [2.05, 4.69) is 5.32 Å². The van der Waals surface area contributed by atoms with E-state index in [1.54, 1.807) is 12.1 Å². The lowest BCUT2D eigenvalue weighted by molar-refractivity contribution is -0.119. The Hall–Kier alpha value is -2.04. The van der Waals surface area contributed by atoms with Crippen molar-refractivity contribution in [2.45, 2.75) is 10.9 Å². The van der Waals surface area contributed by atoms with E-state index in [1.165, 1.54) is 18.1 Å². The maximum absolute atomic E-state index is 14.8. The van der Waals surface area contributed by atoms with Crippen LogP contribution in [0, 0.1) is 5.82 Å². The number of nitrogens with one attached hydrogen (secondary N) is 1. The van der Waals surface area contributed by atoms with Crippen LogP contribution >= 0.6 is 35.4 Å². The van der Waals surface area contributed by atoms with E-state index < -0.39 is 28.8 Å². The summed E-state index contributed by atoms with van der Waals surface area (Å²) in [7, 11) is 1.53. The number of anilines is 2. The topological polar surface area (TPSA) is 74.3 Å². The largest absolute Gasteiger partial charge is 0.474 e. The number of amides is 2. The third-order valence-electron chi connectivity index (χ3n) is 4.87. The molecule has 164 valence electrons. The van der Waals surface area contributed by atoms with Crippen LogP contribution in [0.25, 0.3) is 0 Å². The molecule has 0 spiro atoms. The third-order valence-corrected chi connectivity index (χ3v) is 5.69. The zero-order valence-electron chi connectivity index (χ0n) is 16.1. The Morgan fingerprint density at radius 2 is 2.07 bits per heavy atom. The molecule has 0 aromatic heterocycles. The molecule has 1 aromatic rings. The van der Waals surface area contributed by atoms with Gasteiger partial charge in [-0.25, -0.2) is 9.18 Å². The number of cyclic esters (lactones) is 1. The summed E-state index contributed by atoms with van der Waals surface area (Å²) in [5, 5.41) is 2.91. The molecular formula is C18H21Cl2FN4O4S. The first kappa shape index (κ1) is 22.6. The van der Waals surface area contributed by atoms with Crippen molar-refractivity contribution in [1.82, 2.24) is 10.2 Å². The quantitative estimate of drug-likeness (QED) is 0.513. The minimum atomic E-state index is -1.20. The van der Waals surface area contributed by atoms with Crippen LogP contribution in [0.4, 0.5) is 20.6 Å². The van der Waals surface area contributed by atoms with Gasteiger partial charge in [-0.2, -0.15) is 0 Å². The fourth-order valence-electron chi connectivity index (χ4n) is 3.31. The van der Waals surface area contributed by atoms with Crippen LogP contribution in [-0.2, 0) is 14.3 Å². The molecule has 2 aliphatic heterocycles. The van der Waals surface area contributed by atoms with E-state index in [4.69, 9.17) is 44.9 Å². The lowest BCUT2D eigenvalue weighted by Gasteiger charge is -2.36. The van der Waals surface area contributed by atoms with Crippen molar-refractivity contribution in [2.24, 2.45) is 0 Å². The number of ether oxygens (including phenoxy) is 2. The van der Waals surface area contributed by atoms with Crippen molar-refractivity contribution in [2.75, 3.05) is 56.2 Å². The number of hydrogen-bond acceptors (Lipinski definition) is 6. The summed E-state index contributed by atoms with van der Waals surface area (Å²) in [6, 6.07) is 4.61. The molecule has 8 nitrogen and oxygen atoms in total. The number of thiocarbonyl (C=S) groups is 1. The fourth-order valence-corrected chi connectivity index (χ4v) is 3.65. The van der Waals surface area contributed by atoms with Gasteiger partial charge in [-0.15, -0.1) is 0 Å². The molecule has 30 heavy (non-hydrogen) atoms. The summed E-state index contributed by atoms with van der Waals surface area (Å²) < 4.78 is 25.1. The first-order valence-corrected chi connectivity index (χ1v) is 10.5. The van der Waals surface area contributed by atoms with E-state index in [0.717, 1.165) is 0 Å². The van der Waals surface area contributed by atoms with Crippen LogP contribution in [0.1, 0.15) is 0 Å². The average Bonchev–Trinajstić information content (AvgIpc) is 3.12. The van der Waals surface area contributed by atoms with Gasteiger partial charge in [0, 0.05) is 26.2 Å². The minimum absolute atomic E-state index is 0.0607. The standard InChI is InChI=1S/C18H21Cl2FN4O4S/c1-28-18(30)24-6-4-23(5-7-24)14-3-2-11(8-13(14)21)25-10-12(29-17(25)27)9-22-16(26)15(19)20/h2-3,8,12,15H,4-7,9-10H2,1H3,(H,22,26)/t12-/m0/s1. The summed E-state index contributed by atoms with van der Waals surface area (Å²) in [6.45, 7) is 2.67. The van der Waals surface area contributed by atoms with Gasteiger partial charge in [0.25, 0.3) is 11.1 Å². The molecule has 1 atom stereocenters. The number of carbonyl (C=O) groups excluding carboxylic acids is 2. The van der Waals surface area contributed by atoms with Crippen molar-refractivity contribution >= 4 is 64.0 Å². The van der Waals surface area contributed by atoms with Crippen molar-refractivity contribution in [1.29, 1.82) is 0 Å². The number of carbonyl (C=O) groups is 2. The van der Waals surface area contributed by atoms with Gasteiger partial charge >= 0.3 is 6.09 Å². The first-order valence-electron chi connectivity index (χ1n) is 9.21. The van der Waals surface area contributed by atoms with Crippen molar-refractivity contribution in [3.05, 3.63) is 24.0 Å². The normalized spacial score (nSPS) is 19.2. The van der Waals surface area contributed by atoms with Gasteiger partial charge in [-0.1, -0.05) is 23.2 Å². The second-order valence-corrected chi connectivity index (χ2v) is 8.19. The summed E-state index contributed by atoms with van der Waals surface area (Å²) in [5.41, 5.74) is 0.829. The summed E-state index contributed by atoms with van der Waals surface area (Å²) in [6.07, 6.45) is -1.20. The highest BCUT2D eigenvalue weighted by Crippen LogP contribution is 2.28. The summed E-state index contributed by atoms with van der Waals surface area (Å²) in [4.78, 5) is 27.6. The highest BCUT2D eigenvalue weighted by atomic mass is 35.5. The average molecular weight is 479 g/mol. The smallest absolute Gasteiger partial charge is 0.414 e. The molecule has 1 aromatic carbocycles. The van der Waals surface area contributed by atoms with Crippen molar-refractivity contribution < 1.29 is 23.5 Å². The molecule has 0 aliphatic carbocycles. The van der Waals surface area contributed by atoms with Gasteiger partial charge in [0.2, 0.25) is 0 Å². The predicted octanol–water partition coefficient (Wildman–Crippen LogP) is 2.12. The van der Waals surface area contributed by atoms with Gasteiger partial charge < -0.3 is 24.6 Å². The van der Waals surface area contributed by atoms with Crippen molar-refractivity contribution in [3.63, 3.8) is 0 Å². The van der Waals surface area contributed by atoms with E-state index in [-0.39, 0.29) is 13.1 Å². The summed E-state index contributed by atoms with van der Waals surface area (Å²) >= 11 is 16.1. The Kier molecular flexibility index (Phi) is 7.43. The molecule has 2 fully saturated rings. The molecule has 3 rings (SSSR count). The maximum Gasteiger partial charge on any atom is 0.414 e. The van der Waals surface area contributed by atoms with Crippen LogP contribution in [0.3, 0.4) is 0 Å². The molecule has 0 unspecified atom stereocenters. The Morgan fingerprint density at radius 1 is 1.37 bits per heavy atom. The fraction of sp³-hybridized carbons (Fsp3) is 0.500. The second-order valence-electron chi connectivity index (χ2n) is 6.74. The first-order chi connectivity index (χ1) is 14.3. The summed E-state index contributed by atoms with van der Waals surface area (Å²) in [5.74, 6) is -1.01. The van der Waals surface area contributed by atoms with Gasteiger partial charge in [0.05, 0.1) is 31.6 Å². The molecule has 1 N–H and O–H groups in total. The van der Waals surface area contributed by atoms with Crippen LogP contribution in [0.15, 0.2) is 18.2 Å². The lowest BCUT2D eigenvalue weighted by Crippen LogP contribution is -2.48. The number of methoxy groups -OCH3 is 1. The van der Waals surface area contributed by atoms with Gasteiger partial charge in [-0.05, 0) is 30.4 Å². The number of piperazine rings is 1. The number of hydrogen-bond donors (Lipinski definition) is 1. The van der Waals surface area contributed by atoms with Crippen LogP contribution in [-0.4, -0.2) is 79.4 Å². The molecule has 12 heteroatoms. The zero-order valence-corrected chi connectivity index (χ0v) is 18.5. The zero-order chi connectivity index (χ0) is 21.8. The van der Waals surface area contributed by atoms with E-state index in [1.807, 2.05) is 9.80 Å². The molecule has 2 amide bonds. The minimum Gasteiger partial charge on any atom is -0.474 e. The number of nitrogens with zero attached hydrogens (tertiary/aromatic N) is 3. The number of halogens is 3. The SMILES string of the molecule is COC(=S)N1CCN(c2ccc(N3C[C@H](CNC(=O)C(Cl)Cl)OC3=O)cc2F)CC1. The van der Waals surface area contributed by atoms with E-state index in [0.29, 0.717) is 42.7 Å². The molecule has 2 saturated heterocycles. The van der Waals surface area contributed by atoms with E-state index in [9.17, 15) is 14.0 Å². The molecule has 0 radical (unpaired) electrons. The van der Waals surface area contributed by atoms with Crippen LogP contribution < -0.4 is 15.1 Å². The van der Waals surface area contributed by atoms with Crippen LogP contribution in [0.5, 0.6) is 0 Å². The lowest BCUT2D eigenvalue weighted by atomic mass is 10.2. The Labute approximate surface area is 188 Å². The Morgan fingerprint density at radius 3 is 2.67 bits per heavy atom. The molecule has 0 bridgehead atoms. The number of rotatable bonds is 5. The van der Waals surface area contributed by atoms with Gasteiger partial charge in [0.15, 0.2) is 4.84 Å². The molecule has 2 aliphatic rings. The van der Waals surface area contributed by atoms with Gasteiger partial charge in [-0.3, -0.25) is 9.69 Å². The molecular weight excluding hydrogens is 458 g/mol. The van der Waals surface area contributed by atoms with Crippen molar-refractivity contribution in [3.8, 4) is 0 Å². The monoisotopic (exact) mass is 478 g/mol. The highest BCUT2D eigenvalue weighted by molar-refractivity contribution is 7.80. The second kappa shape index (κ2) is 9.84. The number of alkyl halides is 2. The molecule has 2 heterocycles. The third kappa shape index (κ3) is 5.16. The Bertz CT molecular complexity index is 823. The van der Waals surface area contributed by atoms with Crippen LogP contribution in [0.2, 0.25) is 0 Å².